The van der Waals surface area contributed by atoms with Crippen LogP contribution in [0.5, 0.6) is 0 Å². The summed E-state index contributed by atoms with van der Waals surface area (Å²) in [6, 6.07) is 20.6. The molecule has 1 saturated heterocycles. The van der Waals surface area contributed by atoms with Gasteiger partial charge in [-0.05, 0) is 48.2 Å². The lowest BCUT2D eigenvalue weighted by Crippen LogP contribution is -2.45. The van der Waals surface area contributed by atoms with Gasteiger partial charge in [-0.1, -0.05) is 54.1 Å². The molecule has 2 N–H and O–H groups in total. The van der Waals surface area contributed by atoms with Crippen molar-refractivity contribution >= 4 is 17.5 Å². The molecule has 0 atom stereocenters. The third-order valence-electron chi connectivity index (χ3n) is 5.71. The van der Waals surface area contributed by atoms with Crippen molar-refractivity contribution in [1.82, 2.24) is 10.3 Å². The SMILES string of the molecule is O=C(NCC1(c2cccc(Cl)c2)CCOCC1)c1ccc(-c2ccccc2)[nH]c1=O. The Labute approximate surface area is 180 Å². The number of ether oxygens (including phenoxy) is 1. The zero-order chi connectivity index (χ0) is 21.0. The third-order valence-corrected chi connectivity index (χ3v) is 5.95. The van der Waals surface area contributed by atoms with Gasteiger partial charge in [-0.15, -0.1) is 0 Å². The van der Waals surface area contributed by atoms with Crippen LogP contribution in [0.2, 0.25) is 5.02 Å². The molecule has 0 radical (unpaired) electrons. The van der Waals surface area contributed by atoms with Crippen LogP contribution in [0, 0.1) is 0 Å². The fourth-order valence-electron chi connectivity index (χ4n) is 3.93. The highest BCUT2D eigenvalue weighted by atomic mass is 35.5. The summed E-state index contributed by atoms with van der Waals surface area (Å²) in [7, 11) is 0. The number of benzene rings is 2. The first kappa shape index (κ1) is 20.4. The van der Waals surface area contributed by atoms with Gasteiger partial charge in [-0.25, -0.2) is 0 Å². The summed E-state index contributed by atoms with van der Waals surface area (Å²) >= 11 is 6.21. The highest BCUT2D eigenvalue weighted by Crippen LogP contribution is 2.35. The predicted molar refractivity (Wildman–Crippen MR) is 118 cm³/mol. The maximum Gasteiger partial charge on any atom is 0.261 e. The molecular weight excluding hydrogens is 400 g/mol. The Morgan fingerprint density at radius 2 is 1.80 bits per heavy atom. The maximum absolute atomic E-state index is 12.8. The third kappa shape index (κ3) is 4.32. The number of carbonyl (C=O) groups is 1. The normalized spacial score (nSPS) is 15.5. The Bertz CT molecular complexity index is 1090. The number of hydrogen-bond acceptors (Lipinski definition) is 3. The number of rotatable bonds is 5. The quantitative estimate of drug-likeness (QED) is 0.648. The summed E-state index contributed by atoms with van der Waals surface area (Å²) in [5, 5.41) is 3.63. The van der Waals surface area contributed by atoms with Gasteiger partial charge < -0.3 is 15.0 Å². The molecule has 30 heavy (non-hydrogen) atoms. The molecule has 1 fully saturated rings. The van der Waals surface area contributed by atoms with E-state index in [1.807, 2.05) is 54.6 Å². The minimum absolute atomic E-state index is 0.1000. The molecule has 0 spiro atoms. The Morgan fingerprint density at radius 3 is 2.50 bits per heavy atom. The second kappa shape index (κ2) is 8.86. The van der Waals surface area contributed by atoms with Crippen LogP contribution in [0.25, 0.3) is 11.3 Å². The van der Waals surface area contributed by atoms with E-state index in [0.717, 1.165) is 24.0 Å². The molecule has 0 bridgehead atoms. The van der Waals surface area contributed by atoms with Crippen molar-refractivity contribution in [2.45, 2.75) is 18.3 Å². The molecule has 1 aromatic heterocycles. The Kier molecular flexibility index (Phi) is 6.02. The second-order valence-electron chi connectivity index (χ2n) is 7.57. The minimum atomic E-state index is -0.405. The summed E-state index contributed by atoms with van der Waals surface area (Å²) in [6.07, 6.45) is 1.55. The van der Waals surface area contributed by atoms with Crippen LogP contribution in [-0.4, -0.2) is 30.6 Å². The van der Waals surface area contributed by atoms with Crippen LogP contribution in [0.1, 0.15) is 28.8 Å². The molecule has 1 aliphatic heterocycles. The lowest BCUT2D eigenvalue weighted by Gasteiger charge is -2.38. The van der Waals surface area contributed by atoms with Gasteiger partial charge in [0.05, 0.1) is 0 Å². The van der Waals surface area contributed by atoms with Crippen LogP contribution in [-0.2, 0) is 10.2 Å². The number of carbonyl (C=O) groups excluding carboxylic acids is 1. The van der Waals surface area contributed by atoms with E-state index in [2.05, 4.69) is 10.3 Å². The van der Waals surface area contributed by atoms with Gasteiger partial charge in [0, 0.05) is 35.9 Å². The van der Waals surface area contributed by atoms with Crippen molar-refractivity contribution in [2.75, 3.05) is 19.8 Å². The van der Waals surface area contributed by atoms with Gasteiger partial charge in [0.1, 0.15) is 5.56 Å². The molecule has 2 heterocycles. The van der Waals surface area contributed by atoms with E-state index in [-0.39, 0.29) is 16.9 Å². The molecule has 1 aliphatic rings. The number of aromatic nitrogens is 1. The summed E-state index contributed by atoms with van der Waals surface area (Å²) in [4.78, 5) is 28.2. The lowest BCUT2D eigenvalue weighted by molar-refractivity contribution is 0.0487. The zero-order valence-corrected chi connectivity index (χ0v) is 17.2. The molecule has 6 heteroatoms. The molecule has 2 aromatic carbocycles. The molecule has 0 saturated carbocycles. The average Bonchev–Trinajstić information content (AvgIpc) is 2.78. The molecule has 1 amide bonds. The monoisotopic (exact) mass is 422 g/mol. The van der Waals surface area contributed by atoms with Crippen LogP contribution < -0.4 is 10.9 Å². The van der Waals surface area contributed by atoms with E-state index >= 15 is 0 Å². The van der Waals surface area contributed by atoms with E-state index in [1.165, 1.54) is 0 Å². The van der Waals surface area contributed by atoms with Crippen molar-refractivity contribution < 1.29 is 9.53 Å². The standard InChI is InChI=1S/C24H23ClN2O3/c25-19-8-4-7-18(15-19)24(11-13-30-14-12-24)16-26-22(28)20-9-10-21(27-23(20)29)17-5-2-1-3-6-17/h1-10,15H,11-14,16H2,(H,26,28)(H,27,29). The number of amides is 1. The maximum atomic E-state index is 12.8. The summed E-state index contributed by atoms with van der Waals surface area (Å²) in [5.74, 6) is -0.385. The van der Waals surface area contributed by atoms with Crippen molar-refractivity contribution in [3.05, 3.63) is 93.2 Å². The molecule has 154 valence electrons. The topological polar surface area (TPSA) is 71.2 Å². The number of H-pyrrole nitrogens is 1. The molecular formula is C24H23ClN2O3. The van der Waals surface area contributed by atoms with E-state index in [1.54, 1.807) is 12.1 Å². The molecule has 4 rings (SSSR count). The number of halogens is 1. The van der Waals surface area contributed by atoms with Gasteiger partial charge in [-0.2, -0.15) is 0 Å². The molecule has 5 nitrogen and oxygen atoms in total. The van der Waals surface area contributed by atoms with E-state index < -0.39 is 5.56 Å². The predicted octanol–water partition coefficient (Wildman–Crippen LogP) is 4.17. The van der Waals surface area contributed by atoms with Crippen molar-refractivity contribution in [3.8, 4) is 11.3 Å². The molecule has 0 aliphatic carbocycles. The number of hydrogen-bond donors (Lipinski definition) is 2. The summed E-state index contributed by atoms with van der Waals surface area (Å²) in [5.41, 5.74) is 2.07. The van der Waals surface area contributed by atoms with Crippen molar-refractivity contribution in [3.63, 3.8) is 0 Å². The zero-order valence-electron chi connectivity index (χ0n) is 16.5. The Hall–Kier alpha value is -2.89. The van der Waals surface area contributed by atoms with E-state index in [0.29, 0.717) is 30.5 Å². The second-order valence-corrected chi connectivity index (χ2v) is 8.00. The summed E-state index contributed by atoms with van der Waals surface area (Å²) in [6.45, 7) is 1.65. The van der Waals surface area contributed by atoms with E-state index in [9.17, 15) is 9.59 Å². The van der Waals surface area contributed by atoms with E-state index in [4.69, 9.17) is 16.3 Å². The number of pyridine rings is 1. The van der Waals surface area contributed by atoms with Gasteiger partial charge in [0.25, 0.3) is 11.5 Å². The molecule has 3 aromatic rings. The lowest BCUT2D eigenvalue weighted by atomic mass is 9.74. The fourth-order valence-corrected chi connectivity index (χ4v) is 4.12. The highest BCUT2D eigenvalue weighted by Gasteiger charge is 2.35. The number of nitrogens with one attached hydrogen (secondary N) is 2. The smallest absolute Gasteiger partial charge is 0.261 e. The minimum Gasteiger partial charge on any atom is -0.381 e. The summed E-state index contributed by atoms with van der Waals surface area (Å²) < 4.78 is 5.54. The largest absolute Gasteiger partial charge is 0.381 e. The Balaban J connectivity index is 1.53. The van der Waals surface area contributed by atoms with Crippen LogP contribution in [0.3, 0.4) is 0 Å². The van der Waals surface area contributed by atoms with Crippen molar-refractivity contribution in [2.24, 2.45) is 0 Å². The average molecular weight is 423 g/mol. The van der Waals surface area contributed by atoms with Crippen LogP contribution in [0.4, 0.5) is 0 Å². The Morgan fingerprint density at radius 1 is 1.03 bits per heavy atom. The van der Waals surface area contributed by atoms with Crippen LogP contribution >= 0.6 is 11.6 Å². The van der Waals surface area contributed by atoms with Gasteiger partial charge in [0.2, 0.25) is 0 Å². The highest BCUT2D eigenvalue weighted by molar-refractivity contribution is 6.30. The first-order valence-electron chi connectivity index (χ1n) is 9.98. The fraction of sp³-hybridized carbons (Fsp3) is 0.250. The van der Waals surface area contributed by atoms with Crippen LogP contribution in [0.15, 0.2) is 71.5 Å². The first-order valence-corrected chi connectivity index (χ1v) is 10.4. The molecule has 0 unspecified atom stereocenters. The van der Waals surface area contributed by atoms with Gasteiger partial charge in [-0.3, -0.25) is 9.59 Å². The van der Waals surface area contributed by atoms with Gasteiger partial charge in [0.15, 0.2) is 0 Å². The van der Waals surface area contributed by atoms with Gasteiger partial charge >= 0.3 is 0 Å². The first-order chi connectivity index (χ1) is 14.6. The van der Waals surface area contributed by atoms with Crippen molar-refractivity contribution in [1.29, 1.82) is 0 Å². The number of aromatic amines is 1.